The molecule has 166 valence electrons. The van der Waals surface area contributed by atoms with E-state index in [1.165, 1.54) is 52.3 Å². The predicted octanol–water partition coefficient (Wildman–Crippen LogP) is 4.54. The van der Waals surface area contributed by atoms with Crippen molar-refractivity contribution in [2.24, 2.45) is 0 Å². The molecular weight excluding hydrogens is 431 g/mol. The molecule has 2 aromatic heterocycles. The Hall–Kier alpha value is -3.33. The maximum Gasteiger partial charge on any atom is 0.336 e. The highest BCUT2D eigenvalue weighted by Crippen LogP contribution is 2.30. The predicted molar refractivity (Wildman–Crippen MR) is 122 cm³/mol. The van der Waals surface area contributed by atoms with E-state index < -0.39 is 5.63 Å². The van der Waals surface area contributed by atoms with Crippen LogP contribution in [0.5, 0.6) is 5.75 Å². The minimum absolute atomic E-state index is 0.0879. The molecule has 0 aliphatic rings. The van der Waals surface area contributed by atoms with Gasteiger partial charge in [0.2, 0.25) is 5.16 Å². The van der Waals surface area contributed by atoms with Crippen molar-refractivity contribution >= 4 is 22.7 Å². The van der Waals surface area contributed by atoms with Gasteiger partial charge in [0, 0.05) is 17.2 Å². The molecule has 0 spiro atoms. The summed E-state index contributed by atoms with van der Waals surface area (Å²) in [7, 11) is 0. The summed E-state index contributed by atoms with van der Waals surface area (Å²) in [5, 5.41) is 9.59. The van der Waals surface area contributed by atoms with Crippen molar-refractivity contribution < 1.29 is 13.5 Å². The van der Waals surface area contributed by atoms with Crippen LogP contribution in [0, 0.1) is 12.7 Å². The molecule has 0 aliphatic heterocycles. The molecule has 0 saturated heterocycles. The van der Waals surface area contributed by atoms with Crippen LogP contribution in [0.15, 0.2) is 56.8 Å². The number of rotatable bonds is 7. The minimum atomic E-state index is -0.396. The molecule has 9 heteroatoms. The summed E-state index contributed by atoms with van der Waals surface area (Å²) < 4.78 is 25.4. The molecule has 0 saturated carbocycles. The Morgan fingerprint density at radius 2 is 1.94 bits per heavy atom. The van der Waals surface area contributed by atoms with Gasteiger partial charge in [0.1, 0.15) is 23.8 Å². The number of thioether (sulfide) groups is 1. The van der Waals surface area contributed by atoms with Crippen LogP contribution in [0.1, 0.15) is 42.3 Å². The number of hydrogen-bond acceptors (Lipinski definition) is 7. The first-order valence-corrected chi connectivity index (χ1v) is 11.1. The highest BCUT2D eigenvalue weighted by atomic mass is 32.2. The minimum Gasteiger partial charge on any atom is -0.486 e. The zero-order chi connectivity index (χ0) is 22.8. The third-order valence-electron chi connectivity index (χ3n) is 5.11. The molecule has 0 fully saturated rings. The van der Waals surface area contributed by atoms with Crippen LogP contribution in [0.25, 0.3) is 11.0 Å². The Bertz CT molecular complexity index is 1320. The van der Waals surface area contributed by atoms with Gasteiger partial charge in [-0.1, -0.05) is 25.6 Å². The number of nitrogens with zero attached hydrogens (tertiary/aromatic N) is 3. The zero-order valence-electron chi connectivity index (χ0n) is 18.0. The third-order valence-corrected chi connectivity index (χ3v) is 6.10. The summed E-state index contributed by atoms with van der Waals surface area (Å²) >= 11 is 1.37. The van der Waals surface area contributed by atoms with Gasteiger partial charge in [0.05, 0.1) is 0 Å². The molecule has 0 amide bonds. The van der Waals surface area contributed by atoms with Crippen LogP contribution in [-0.4, -0.2) is 14.9 Å². The summed E-state index contributed by atoms with van der Waals surface area (Å²) in [6.07, 6.45) is 0. The molecule has 2 N–H and O–H groups in total. The van der Waals surface area contributed by atoms with Crippen LogP contribution in [0.4, 0.5) is 4.39 Å². The van der Waals surface area contributed by atoms with E-state index in [0.29, 0.717) is 34.0 Å². The van der Waals surface area contributed by atoms with Gasteiger partial charge in [-0.2, -0.15) is 0 Å². The zero-order valence-corrected chi connectivity index (χ0v) is 18.8. The Balaban J connectivity index is 1.53. The molecular formula is C23H23FN4O3S. The van der Waals surface area contributed by atoms with Crippen molar-refractivity contribution in [1.29, 1.82) is 0 Å². The first kappa shape index (κ1) is 21.9. The van der Waals surface area contributed by atoms with Crippen LogP contribution in [0.3, 0.4) is 0 Å². The van der Waals surface area contributed by atoms with Gasteiger partial charge in [-0.25, -0.2) is 13.9 Å². The standard InChI is InChI=1S/C23H23FN4O3S/c1-13(2)18-10-19-15(9-22(29)31-20(19)8-14(18)3)12-32-23-27-26-21(28(23)25)11-30-17-6-4-16(24)5-7-17/h4-10,13H,11-12,25H2,1-3H3. The van der Waals surface area contributed by atoms with Crippen molar-refractivity contribution in [3.05, 3.63) is 81.2 Å². The first-order chi connectivity index (χ1) is 15.3. The maximum atomic E-state index is 13.0. The van der Waals surface area contributed by atoms with Crippen LogP contribution >= 0.6 is 11.8 Å². The molecule has 0 aliphatic carbocycles. The molecule has 2 aromatic carbocycles. The lowest BCUT2D eigenvalue weighted by molar-refractivity contribution is 0.291. The summed E-state index contributed by atoms with van der Waals surface area (Å²) in [6.45, 7) is 6.37. The van der Waals surface area contributed by atoms with Gasteiger partial charge in [-0.15, -0.1) is 10.2 Å². The number of fused-ring (bicyclic) bond motifs is 1. The molecule has 4 aromatic rings. The first-order valence-electron chi connectivity index (χ1n) is 10.1. The van der Waals surface area contributed by atoms with E-state index >= 15 is 0 Å². The van der Waals surface area contributed by atoms with E-state index in [0.717, 1.165) is 16.5 Å². The number of hydrogen-bond donors (Lipinski definition) is 1. The summed E-state index contributed by atoms with van der Waals surface area (Å²) in [6, 6.07) is 11.2. The molecule has 0 bridgehead atoms. The quantitative estimate of drug-likeness (QED) is 0.249. The van der Waals surface area contributed by atoms with E-state index in [2.05, 4.69) is 30.1 Å². The van der Waals surface area contributed by atoms with E-state index in [1.54, 1.807) is 0 Å². The smallest absolute Gasteiger partial charge is 0.336 e. The molecule has 4 rings (SSSR count). The summed E-state index contributed by atoms with van der Waals surface area (Å²) in [5.41, 5.74) is 3.31. The SMILES string of the molecule is Cc1cc2oc(=O)cc(CSc3nnc(COc4ccc(F)cc4)n3N)c2cc1C(C)C. The third kappa shape index (κ3) is 4.62. The average Bonchev–Trinajstić information content (AvgIpc) is 3.10. The van der Waals surface area contributed by atoms with E-state index in [1.807, 2.05) is 13.0 Å². The summed E-state index contributed by atoms with van der Waals surface area (Å²) in [4.78, 5) is 12.1. The second kappa shape index (κ2) is 9.04. The van der Waals surface area contributed by atoms with Gasteiger partial charge in [0.25, 0.3) is 0 Å². The Labute approximate surface area is 188 Å². The Morgan fingerprint density at radius 3 is 2.66 bits per heavy atom. The molecule has 0 radical (unpaired) electrons. The van der Waals surface area contributed by atoms with Gasteiger partial charge >= 0.3 is 5.63 Å². The second-order valence-electron chi connectivity index (χ2n) is 7.75. The lowest BCUT2D eigenvalue weighted by atomic mass is 9.95. The Morgan fingerprint density at radius 1 is 1.19 bits per heavy atom. The van der Waals surface area contributed by atoms with Crippen molar-refractivity contribution in [3.8, 4) is 5.75 Å². The molecule has 0 unspecified atom stereocenters. The number of benzene rings is 2. The van der Waals surface area contributed by atoms with E-state index in [9.17, 15) is 9.18 Å². The van der Waals surface area contributed by atoms with Gasteiger partial charge in [-0.3, -0.25) is 0 Å². The Kier molecular flexibility index (Phi) is 6.18. The average molecular weight is 455 g/mol. The highest BCUT2D eigenvalue weighted by molar-refractivity contribution is 7.98. The number of nitrogen functional groups attached to an aromatic ring is 1. The van der Waals surface area contributed by atoms with Crippen molar-refractivity contribution in [2.75, 3.05) is 5.84 Å². The van der Waals surface area contributed by atoms with Crippen molar-refractivity contribution in [1.82, 2.24) is 14.9 Å². The fraction of sp³-hybridized carbons (Fsp3) is 0.261. The van der Waals surface area contributed by atoms with Crippen molar-refractivity contribution in [3.63, 3.8) is 0 Å². The molecule has 2 heterocycles. The van der Waals surface area contributed by atoms with E-state index in [4.69, 9.17) is 15.0 Å². The lowest BCUT2D eigenvalue weighted by Crippen LogP contribution is -2.15. The number of aryl methyl sites for hydroxylation is 1. The number of nitrogens with two attached hydrogens (primary N) is 1. The fourth-order valence-electron chi connectivity index (χ4n) is 3.46. The largest absolute Gasteiger partial charge is 0.486 e. The topological polar surface area (TPSA) is 96.2 Å². The summed E-state index contributed by atoms with van der Waals surface area (Å²) in [5.74, 6) is 7.54. The van der Waals surface area contributed by atoms with Crippen LogP contribution in [-0.2, 0) is 12.4 Å². The monoisotopic (exact) mass is 454 g/mol. The molecule has 0 atom stereocenters. The lowest BCUT2D eigenvalue weighted by Gasteiger charge is -2.13. The second-order valence-corrected chi connectivity index (χ2v) is 8.69. The molecule has 32 heavy (non-hydrogen) atoms. The maximum absolute atomic E-state index is 13.0. The normalized spacial score (nSPS) is 11.4. The van der Waals surface area contributed by atoms with Gasteiger partial charge in [0.15, 0.2) is 5.82 Å². The molecule has 7 nitrogen and oxygen atoms in total. The number of aromatic nitrogens is 3. The van der Waals surface area contributed by atoms with E-state index in [-0.39, 0.29) is 12.4 Å². The van der Waals surface area contributed by atoms with Gasteiger partial charge in [-0.05, 0) is 65.9 Å². The van der Waals surface area contributed by atoms with Gasteiger partial charge < -0.3 is 15.0 Å². The highest BCUT2D eigenvalue weighted by Gasteiger charge is 2.15. The van der Waals surface area contributed by atoms with Crippen molar-refractivity contribution in [2.45, 2.75) is 44.2 Å². The van der Waals surface area contributed by atoms with Crippen LogP contribution in [0.2, 0.25) is 0 Å². The fourth-order valence-corrected chi connectivity index (χ4v) is 4.32. The van der Waals surface area contributed by atoms with Crippen LogP contribution < -0.4 is 16.2 Å². The number of halogens is 1. The number of ether oxygens (including phenoxy) is 1.